The van der Waals surface area contributed by atoms with Crippen LogP contribution < -0.4 is 4.90 Å². The van der Waals surface area contributed by atoms with Crippen molar-refractivity contribution in [3.8, 4) is 0 Å². The lowest BCUT2D eigenvalue weighted by molar-refractivity contribution is 0.262. The quantitative estimate of drug-likeness (QED) is 0.852. The predicted molar refractivity (Wildman–Crippen MR) is 87.5 cm³/mol. The van der Waals surface area contributed by atoms with Gasteiger partial charge in [0.1, 0.15) is 5.82 Å². The second kappa shape index (κ2) is 6.35. The molecule has 0 saturated carbocycles. The highest BCUT2D eigenvalue weighted by atomic mass is 32.2. The van der Waals surface area contributed by atoms with Crippen LogP contribution in [0.5, 0.6) is 0 Å². The second-order valence-corrected chi connectivity index (χ2v) is 8.05. The number of hydrogen-bond donors (Lipinski definition) is 0. The zero-order chi connectivity index (χ0) is 13.9. The van der Waals surface area contributed by atoms with Crippen molar-refractivity contribution in [2.75, 3.05) is 31.1 Å². The summed E-state index contributed by atoms with van der Waals surface area (Å²) in [5.41, 5.74) is 1.35. The second-order valence-electron chi connectivity index (χ2n) is 6.17. The third-order valence-electron chi connectivity index (χ3n) is 4.14. The number of nitrogens with zero attached hydrogens (tertiary/aromatic N) is 3. The molecule has 2 aliphatic heterocycles. The third kappa shape index (κ3) is 3.47. The van der Waals surface area contributed by atoms with Gasteiger partial charge in [-0.05, 0) is 24.5 Å². The molecule has 2 aliphatic rings. The summed E-state index contributed by atoms with van der Waals surface area (Å²) in [4.78, 5) is 9.62. The summed E-state index contributed by atoms with van der Waals surface area (Å²) in [5.74, 6) is 1.15. The number of rotatable bonds is 3. The Morgan fingerprint density at radius 1 is 1.15 bits per heavy atom. The van der Waals surface area contributed by atoms with Crippen molar-refractivity contribution < 1.29 is 0 Å². The van der Waals surface area contributed by atoms with E-state index < -0.39 is 0 Å². The lowest BCUT2D eigenvalue weighted by Gasteiger charge is -2.34. The van der Waals surface area contributed by atoms with Crippen LogP contribution >= 0.6 is 11.8 Å². The van der Waals surface area contributed by atoms with Crippen LogP contribution in [0.2, 0.25) is 0 Å². The standard InChI is InChI=1S/C16H25N3S/c1-13-10-18(11-14(2)20-13)12-15-5-6-16(17-9-15)19-7-3-4-8-19/h5-6,9,13-14H,3-4,7-8,10-12H2,1-2H3. The smallest absolute Gasteiger partial charge is 0.128 e. The van der Waals surface area contributed by atoms with Crippen LogP contribution in [-0.4, -0.2) is 46.6 Å². The number of aromatic nitrogens is 1. The summed E-state index contributed by atoms with van der Waals surface area (Å²) < 4.78 is 0. The molecule has 0 aromatic carbocycles. The first-order valence-corrected chi connectivity index (χ1v) is 8.72. The molecule has 0 spiro atoms. The lowest BCUT2D eigenvalue weighted by atomic mass is 10.2. The van der Waals surface area contributed by atoms with Gasteiger partial charge < -0.3 is 4.90 Å². The van der Waals surface area contributed by atoms with E-state index in [4.69, 9.17) is 0 Å². The summed E-state index contributed by atoms with van der Waals surface area (Å²) in [6.07, 6.45) is 4.69. The fourth-order valence-electron chi connectivity index (χ4n) is 3.32. The minimum Gasteiger partial charge on any atom is -0.357 e. The fourth-order valence-corrected chi connectivity index (χ4v) is 4.70. The minimum absolute atomic E-state index is 0.746. The van der Waals surface area contributed by atoms with E-state index in [9.17, 15) is 0 Å². The SMILES string of the molecule is CC1CN(Cc2ccc(N3CCCC3)nc2)CC(C)S1. The Bertz CT molecular complexity index is 418. The van der Waals surface area contributed by atoms with E-state index in [0.29, 0.717) is 0 Å². The minimum atomic E-state index is 0.746. The van der Waals surface area contributed by atoms with E-state index in [1.807, 2.05) is 0 Å². The molecular weight excluding hydrogens is 266 g/mol. The molecule has 20 heavy (non-hydrogen) atoms. The third-order valence-corrected chi connectivity index (χ3v) is 5.37. The first-order valence-electron chi connectivity index (χ1n) is 7.78. The van der Waals surface area contributed by atoms with Gasteiger partial charge in [0.2, 0.25) is 0 Å². The maximum absolute atomic E-state index is 4.66. The summed E-state index contributed by atoms with van der Waals surface area (Å²) in [6.45, 7) is 10.5. The maximum Gasteiger partial charge on any atom is 0.128 e. The van der Waals surface area contributed by atoms with E-state index in [1.165, 1.54) is 44.6 Å². The summed E-state index contributed by atoms with van der Waals surface area (Å²) in [5, 5.41) is 1.49. The van der Waals surface area contributed by atoms with Crippen molar-refractivity contribution in [3.05, 3.63) is 23.9 Å². The molecule has 1 aromatic heterocycles. The molecule has 3 nitrogen and oxygen atoms in total. The van der Waals surface area contributed by atoms with E-state index in [0.717, 1.165) is 22.9 Å². The largest absolute Gasteiger partial charge is 0.357 e. The number of pyridine rings is 1. The van der Waals surface area contributed by atoms with Crippen LogP contribution in [0.25, 0.3) is 0 Å². The van der Waals surface area contributed by atoms with Crippen LogP contribution in [0.3, 0.4) is 0 Å². The highest BCUT2D eigenvalue weighted by Gasteiger charge is 2.22. The van der Waals surface area contributed by atoms with Gasteiger partial charge in [-0.15, -0.1) is 0 Å². The van der Waals surface area contributed by atoms with Gasteiger partial charge in [-0.3, -0.25) is 4.90 Å². The Hall–Kier alpha value is -0.740. The highest BCUT2D eigenvalue weighted by molar-refractivity contribution is 8.00. The summed E-state index contributed by atoms with van der Waals surface area (Å²) >= 11 is 2.11. The molecule has 110 valence electrons. The van der Waals surface area contributed by atoms with Crippen LogP contribution in [-0.2, 0) is 6.54 Å². The molecule has 3 heterocycles. The lowest BCUT2D eigenvalue weighted by Crippen LogP contribution is -2.39. The molecule has 1 aromatic rings. The fraction of sp³-hybridized carbons (Fsp3) is 0.688. The van der Waals surface area contributed by atoms with Gasteiger partial charge in [-0.1, -0.05) is 19.9 Å². The molecule has 2 unspecified atom stereocenters. The number of hydrogen-bond acceptors (Lipinski definition) is 4. The van der Waals surface area contributed by atoms with Gasteiger partial charge in [0, 0.05) is 49.4 Å². The van der Waals surface area contributed by atoms with E-state index >= 15 is 0 Å². The van der Waals surface area contributed by atoms with Gasteiger partial charge in [-0.25, -0.2) is 4.98 Å². The van der Waals surface area contributed by atoms with Gasteiger partial charge in [0.25, 0.3) is 0 Å². The van der Waals surface area contributed by atoms with Crippen LogP contribution in [0.15, 0.2) is 18.3 Å². The molecule has 0 N–H and O–H groups in total. The van der Waals surface area contributed by atoms with Crippen LogP contribution in [0, 0.1) is 0 Å². The zero-order valence-corrected chi connectivity index (χ0v) is 13.4. The Morgan fingerprint density at radius 3 is 2.45 bits per heavy atom. The van der Waals surface area contributed by atoms with E-state index in [1.54, 1.807) is 0 Å². The predicted octanol–water partition coefficient (Wildman–Crippen LogP) is 3.01. The van der Waals surface area contributed by atoms with Gasteiger partial charge in [-0.2, -0.15) is 11.8 Å². The first kappa shape index (κ1) is 14.2. The van der Waals surface area contributed by atoms with Gasteiger partial charge in [0.05, 0.1) is 0 Å². The Labute approximate surface area is 126 Å². The Kier molecular flexibility index (Phi) is 4.51. The topological polar surface area (TPSA) is 19.4 Å². The molecule has 0 amide bonds. The molecular formula is C16H25N3S. The average Bonchev–Trinajstić information content (AvgIpc) is 2.92. The molecule has 0 radical (unpaired) electrons. The van der Waals surface area contributed by atoms with Crippen molar-refractivity contribution in [1.82, 2.24) is 9.88 Å². The van der Waals surface area contributed by atoms with Gasteiger partial charge >= 0.3 is 0 Å². The average molecular weight is 291 g/mol. The van der Waals surface area contributed by atoms with Crippen molar-refractivity contribution >= 4 is 17.6 Å². The van der Waals surface area contributed by atoms with Crippen LogP contribution in [0.4, 0.5) is 5.82 Å². The zero-order valence-electron chi connectivity index (χ0n) is 12.6. The summed E-state index contributed by atoms with van der Waals surface area (Å²) in [6, 6.07) is 4.46. The maximum atomic E-state index is 4.66. The van der Waals surface area contributed by atoms with Crippen molar-refractivity contribution in [2.24, 2.45) is 0 Å². The molecule has 2 saturated heterocycles. The monoisotopic (exact) mass is 291 g/mol. The van der Waals surface area contributed by atoms with Crippen molar-refractivity contribution in [1.29, 1.82) is 0 Å². The Morgan fingerprint density at radius 2 is 1.85 bits per heavy atom. The number of anilines is 1. The molecule has 2 fully saturated rings. The normalized spacial score (nSPS) is 28.0. The van der Waals surface area contributed by atoms with E-state index in [2.05, 4.69) is 58.7 Å². The highest BCUT2D eigenvalue weighted by Crippen LogP contribution is 2.26. The van der Waals surface area contributed by atoms with Crippen molar-refractivity contribution in [2.45, 2.75) is 43.7 Å². The van der Waals surface area contributed by atoms with Crippen molar-refractivity contribution in [3.63, 3.8) is 0 Å². The molecule has 2 atom stereocenters. The molecule has 0 bridgehead atoms. The molecule has 3 rings (SSSR count). The summed E-state index contributed by atoms with van der Waals surface area (Å²) in [7, 11) is 0. The van der Waals surface area contributed by atoms with Gasteiger partial charge in [0.15, 0.2) is 0 Å². The molecule has 0 aliphatic carbocycles. The first-order chi connectivity index (χ1) is 9.70. The Balaban J connectivity index is 1.60. The van der Waals surface area contributed by atoms with E-state index in [-0.39, 0.29) is 0 Å². The number of thioether (sulfide) groups is 1. The molecule has 4 heteroatoms. The van der Waals surface area contributed by atoms with Crippen LogP contribution in [0.1, 0.15) is 32.3 Å².